The second-order valence-electron chi connectivity index (χ2n) is 3.68. The third-order valence-corrected chi connectivity index (χ3v) is 2.57. The molecule has 0 aliphatic heterocycles. The molecule has 0 amide bonds. The summed E-state index contributed by atoms with van der Waals surface area (Å²) in [6, 6.07) is 5.50. The zero-order valence-electron chi connectivity index (χ0n) is 8.55. The van der Waals surface area contributed by atoms with Gasteiger partial charge < -0.3 is 4.42 Å². The van der Waals surface area contributed by atoms with Crippen molar-refractivity contribution in [2.75, 3.05) is 0 Å². The molecule has 0 N–H and O–H groups in total. The van der Waals surface area contributed by atoms with Gasteiger partial charge in [0.1, 0.15) is 5.58 Å². The van der Waals surface area contributed by atoms with E-state index in [9.17, 15) is 4.79 Å². The van der Waals surface area contributed by atoms with Crippen LogP contribution in [0.4, 0.5) is 0 Å². The van der Waals surface area contributed by atoms with Crippen LogP contribution in [0.3, 0.4) is 0 Å². The van der Waals surface area contributed by atoms with Crippen molar-refractivity contribution >= 4 is 11.0 Å². The van der Waals surface area contributed by atoms with E-state index in [0.29, 0.717) is 5.58 Å². The van der Waals surface area contributed by atoms with Crippen LogP contribution in [0.25, 0.3) is 11.0 Å². The summed E-state index contributed by atoms with van der Waals surface area (Å²) in [7, 11) is 0. The first-order valence-corrected chi connectivity index (χ1v) is 4.59. The molecule has 0 unspecified atom stereocenters. The quantitative estimate of drug-likeness (QED) is 0.595. The van der Waals surface area contributed by atoms with Gasteiger partial charge in [0.15, 0.2) is 0 Å². The summed E-state index contributed by atoms with van der Waals surface area (Å²) < 4.78 is 5.12. The minimum Gasteiger partial charge on any atom is -0.423 e. The molecule has 2 heteroatoms. The summed E-state index contributed by atoms with van der Waals surface area (Å²) in [6.45, 7) is 5.99. The van der Waals surface area contributed by atoms with Crippen LogP contribution in [0.15, 0.2) is 27.4 Å². The average molecular weight is 188 g/mol. The van der Waals surface area contributed by atoms with Crippen molar-refractivity contribution < 1.29 is 4.42 Å². The third-order valence-electron chi connectivity index (χ3n) is 2.57. The molecule has 2 nitrogen and oxygen atoms in total. The van der Waals surface area contributed by atoms with Gasteiger partial charge in [-0.05, 0) is 49.6 Å². The lowest BCUT2D eigenvalue weighted by molar-refractivity contribution is 0.559. The van der Waals surface area contributed by atoms with Crippen molar-refractivity contribution in [1.29, 1.82) is 0 Å². The van der Waals surface area contributed by atoms with E-state index in [1.165, 1.54) is 11.6 Å². The smallest absolute Gasteiger partial charge is 0.336 e. The van der Waals surface area contributed by atoms with E-state index in [-0.39, 0.29) is 5.63 Å². The molecule has 2 rings (SSSR count). The Morgan fingerprint density at radius 2 is 1.57 bits per heavy atom. The maximum absolute atomic E-state index is 11.1. The second-order valence-corrected chi connectivity index (χ2v) is 3.68. The molecule has 1 heterocycles. The van der Waals surface area contributed by atoms with Crippen molar-refractivity contribution in [2.45, 2.75) is 20.8 Å². The molecule has 0 radical (unpaired) electrons. The molecule has 0 bridgehead atoms. The number of hydrogen-bond donors (Lipinski definition) is 0. The van der Waals surface area contributed by atoms with E-state index in [1.54, 1.807) is 0 Å². The Hall–Kier alpha value is -1.57. The molecule has 1 aromatic heterocycles. The van der Waals surface area contributed by atoms with Gasteiger partial charge in [0.2, 0.25) is 0 Å². The Bertz CT molecular complexity index is 550. The lowest BCUT2D eigenvalue weighted by Gasteiger charge is -2.04. The van der Waals surface area contributed by atoms with Crippen LogP contribution < -0.4 is 5.63 Å². The van der Waals surface area contributed by atoms with Crippen molar-refractivity contribution in [3.8, 4) is 0 Å². The van der Waals surface area contributed by atoms with Gasteiger partial charge in [0.05, 0.1) is 0 Å². The lowest BCUT2D eigenvalue weighted by Crippen LogP contribution is -1.98. The minimum atomic E-state index is -0.279. The number of rotatable bonds is 0. The molecule has 0 saturated heterocycles. The van der Waals surface area contributed by atoms with Gasteiger partial charge in [0.25, 0.3) is 0 Å². The monoisotopic (exact) mass is 188 g/mol. The summed E-state index contributed by atoms with van der Waals surface area (Å²) in [5.41, 5.74) is 3.73. The number of aryl methyl sites for hydroxylation is 3. The van der Waals surface area contributed by atoms with Crippen LogP contribution in [0.1, 0.15) is 16.7 Å². The molecule has 72 valence electrons. The van der Waals surface area contributed by atoms with Gasteiger partial charge in [-0.25, -0.2) is 4.79 Å². The van der Waals surface area contributed by atoms with Crippen molar-refractivity contribution in [2.24, 2.45) is 0 Å². The second kappa shape index (κ2) is 2.98. The summed E-state index contributed by atoms with van der Waals surface area (Å²) >= 11 is 0. The Morgan fingerprint density at radius 1 is 0.929 bits per heavy atom. The Balaban J connectivity index is 2.96. The lowest BCUT2D eigenvalue weighted by atomic mass is 10.0. The van der Waals surface area contributed by atoms with Gasteiger partial charge in [-0.15, -0.1) is 0 Å². The molecule has 0 aliphatic carbocycles. The molecule has 0 aliphatic rings. The summed E-state index contributed by atoms with van der Waals surface area (Å²) in [4.78, 5) is 11.1. The van der Waals surface area contributed by atoms with E-state index in [0.717, 1.165) is 16.5 Å². The normalized spacial score (nSPS) is 10.8. The van der Waals surface area contributed by atoms with Gasteiger partial charge in [-0.2, -0.15) is 0 Å². The molecular weight excluding hydrogens is 176 g/mol. The Kier molecular flexibility index (Phi) is 1.92. The predicted octanol–water partition coefficient (Wildman–Crippen LogP) is 2.72. The summed E-state index contributed by atoms with van der Waals surface area (Å²) in [5, 5.41) is 1.02. The molecule has 0 saturated carbocycles. The van der Waals surface area contributed by atoms with Crippen molar-refractivity contribution in [3.05, 3.63) is 45.3 Å². The van der Waals surface area contributed by atoms with Crippen LogP contribution in [0.2, 0.25) is 0 Å². The molecule has 0 spiro atoms. The van der Waals surface area contributed by atoms with Crippen molar-refractivity contribution in [1.82, 2.24) is 0 Å². The number of benzene rings is 1. The van der Waals surface area contributed by atoms with E-state index in [1.807, 2.05) is 19.9 Å². The molecule has 0 atom stereocenters. The molecule has 2 aromatic rings. The highest BCUT2D eigenvalue weighted by Crippen LogP contribution is 2.20. The fraction of sp³-hybridized carbons (Fsp3) is 0.250. The van der Waals surface area contributed by atoms with Crippen LogP contribution >= 0.6 is 0 Å². The van der Waals surface area contributed by atoms with Crippen LogP contribution in [0.5, 0.6) is 0 Å². The zero-order chi connectivity index (χ0) is 10.3. The van der Waals surface area contributed by atoms with Crippen LogP contribution in [-0.2, 0) is 0 Å². The highest BCUT2D eigenvalue weighted by molar-refractivity contribution is 5.81. The van der Waals surface area contributed by atoms with Gasteiger partial charge in [-0.3, -0.25) is 0 Å². The Morgan fingerprint density at radius 3 is 2.29 bits per heavy atom. The first kappa shape index (κ1) is 9.00. The van der Waals surface area contributed by atoms with Crippen LogP contribution in [0, 0.1) is 20.8 Å². The van der Waals surface area contributed by atoms with Gasteiger partial charge in [-0.1, -0.05) is 0 Å². The van der Waals surface area contributed by atoms with E-state index in [2.05, 4.69) is 13.0 Å². The highest BCUT2D eigenvalue weighted by Gasteiger charge is 2.03. The largest absolute Gasteiger partial charge is 0.423 e. The molecule has 14 heavy (non-hydrogen) atoms. The SMILES string of the molecule is Cc1cc2oc(=O)cc(C)c2cc1C. The third kappa shape index (κ3) is 1.33. The van der Waals surface area contributed by atoms with E-state index in [4.69, 9.17) is 4.42 Å². The van der Waals surface area contributed by atoms with E-state index >= 15 is 0 Å². The predicted molar refractivity (Wildman–Crippen MR) is 56.7 cm³/mol. The molecule has 1 aromatic carbocycles. The summed E-state index contributed by atoms with van der Waals surface area (Å²) in [5.74, 6) is 0. The topological polar surface area (TPSA) is 30.2 Å². The zero-order valence-corrected chi connectivity index (χ0v) is 8.55. The van der Waals surface area contributed by atoms with Gasteiger partial charge >= 0.3 is 5.63 Å². The Labute approximate surface area is 82.2 Å². The van der Waals surface area contributed by atoms with E-state index < -0.39 is 0 Å². The standard InChI is InChI=1S/C12H12O2/c1-7-4-10-9(3)6-12(13)14-11(10)5-8(7)2/h4-6H,1-3H3. The maximum atomic E-state index is 11.1. The van der Waals surface area contributed by atoms with Crippen LogP contribution in [-0.4, -0.2) is 0 Å². The fourth-order valence-electron chi connectivity index (χ4n) is 1.57. The first-order chi connectivity index (χ1) is 6.58. The maximum Gasteiger partial charge on any atom is 0.336 e. The number of fused-ring (bicyclic) bond motifs is 1. The average Bonchev–Trinajstić information content (AvgIpc) is 2.08. The fourth-order valence-corrected chi connectivity index (χ4v) is 1.57. The molecule has 0 fully saturated rings. The summed E-state index contributed by atoms with van der Waals surface area (Å²) in [6.07, 6.45) is 0. The number of hydrogen-bond acceptors (Lipinski definition) is 2. The molecular formula is C12H12O2. The first-order valence-electron chi connectivity index (χ1n) is 4.59. The van der Waals surface area contributed by atoms with Gasteiger partial charge in [0, 0.05) is 11.5 Å². The van der Waals surface area contributed by atoms with Crippen molar-refractivity contribution in [3.63, 3.8) is 0 Å². The highest BCUT2D eigenvalue weighted by atomic mass is 16.4. The minimum absolute atomic E-state index is 0.279.